The predicted molar refractivity (Wildman–Crippen MR) is 71.2 cm³/mol. The highest BCUT2D eigenvalue weighted by molar-refractivity contribution is 7.89. The van der Waals surface area contributed by atoms with Crippen LogP contribution >= 0.6 is 0 Å². The predicted octanol–water partition coefficient (Wildman–Crippen LogP) is 0.657. The van der Waals surface area contributed by atoms with E-state index in [1.807, 2.05) is 6.92 Å². The SMILES string of the molecule is CC1CN2CCCCC2CN1S(=O)(=O)c1cn[nH]c1. The summed E-state index contributed by atoms with van der Waals surface area (Å²) < 4.78 is 26.8. The van der Waals surface area contributed by atoms with Crippen molar-refractivity contribution in [2.75, 3.05) is 19.6 Å². The van der Waals surface area contributed by atoms with Gasteiger partial charge in [-0.3, -0.25) is 10.00 Å². The third-order valence-corrected chi connectivity index (χ3v) is 6.16. The van der Waals surface area contributed by atoms with Gasteiger partial charge in [0.25, 0.3) is 0 Å². The Labute approximate surface area is 113 Å². The second kappa shape index (κ2) is 4.88. The highest BCUT2D eigenvalue weighted by Crippen LogP contribution is 2.27. The zero-order chi connectivity index (χ0) is 13.5. The zero-order valence-electron chi connectivity index (χ0n) is 11.1. The molecule has 0 saturated carbocycles. The van der Waals surface area contributed by atoms with Crippen LogP contribution in [0.15, 0.2) is 17.3 Å². The molecule has 2 saturated heterocycles. The number of nitrogens with one attached hydrogen (secondary N) is 1. The average Bonchev–Trinajstić information content (AvgIpc) is 2.92. The second-order valence-electron chi connectivity index (χ2n) is 5.50. The van der Waals surface area contributed by atoms with Crippen LogP contribution in [0.2, 0.25) is 0 Å². The van der Waals surface area contributed by atoms with Crippen LogP contribution in [-0.2, 0) is 10.0 Å². The maximum absolute atomic E-state index is 12.6. The second-order valence-corrected chi connectivity index (χ2v) is 7.39. The Balaban J connectivity index is 1.85. The summed E-state index contributed by atoms with van der Waals surface area (Å²) in [5.74, 6) is 0. The number of hydrogen-bond acceptors (Lipinski definition) is 4. The van der Waals surface area contributed by atoms with E-state index in [0.717, 1.165) is 19.5 Å². The van der Waals surface area contributed by atoms with Crippen LogP contribution in [0.3, 0.4) is 0 Å². The van der Waals surface area contributed by atoms with Crippen molar-refractivity contribution in [1.29, 1.82) is 0 Å². The minimum Gasteiger partial charge on any atom is -0.297 e. The first-order valence-corrected chi connectivity index (χ1v) is 8.28. The molecular weight excluding hydrogens is 264 g/mol. The van der Waals surface area contributed by atoms with Crippen LogP contribution in [0.25, 0.3) is 0 Å². The van der Waals surface area contributed by atoms with Gasteiger partial charge in [0.05, 0.1) is 6.20 Å². The zero-order valence-corrected chi connectivity index (χ0v) is 11.9. The number of nitrogens with zero attached hydrogens (tertiary/aromatic N) is 3. The van der Waals surface area contributed by atoms with Crippen LogP contribution in [0.4, 0.5) is 0 Å². The van der Waals surface area contributed by atoms with Gasteiger partial charge in [-0.05, 0) is 26.3 Å². The molecule has 2 atom stereocenters. The van der Waals surface area contributed by atoms with Crippen molar-refractivity contribution in [3.8, 4) is 0 Å². The van der Waals surface area contributed by atoms with Crippen LogP contribution in [0.1, 0.15) is 26.2 Å². The summed E-state index contributed by atoms with van der Waals surface area (Å²) in [6.07, 6.45) is 6.38. The first-order chi connectivity index (χ1) is 9.09. The van der Waals surface area contributed by atoms with Crippen molar-refractivity contribution in [3.05, 3.63) is 12.4 Å². The lowest BCUT2D eigenvalue weighted by molar-refractivity contribution is 0.0564. The van der Waals surface area contributed by atoms with Crippen LogP contribution < -0.4 is 0 Å². The summed E-state index contributed by atoms with van der Waals surface area (Å²) in [6, 6.07) is 0.404. The minimum absolute atomic E-state index is 0.0225. The number of hydrogen-bond donors (Lipinski definition) is 1. The fourth-order valence-corrected chi connectivity index (χ4v) is 4.74. The van der Waals surface area contributed by atoms with Crippen molar-refractivity contribution >= 4 is 10.0 Å². The van der Waals surface area contributed by atoms with Gasteiger partial charge in [0.15, 0.2) is 0 Å². The molecule has 106 valence electrons. The first-order valence-electron chi connectivity index (χ1n) is 6.84. The molecule has 6 nitrogen and oxygen atoms in total. The molecule has 19 heavy (non-hydrogen) atoms. The number of H-pyrrole nitrogens is 1. The van der Waals surface area contributed by atoms with E-state index < -0.39 is 10.0 Å². The molecule has 3 rings (SSSR count). The maximum atomic E-state index is 12.6. The number of piperidine rings is 1. The number of aromatic nitrogens is 2. The van der Waals surface area contributed by atoms with Crippen molar-refractivity contribution < 1.29 is 8.42 Å². The van der Waals surface area contributed by atoms with Gasteiger partial charge in [-0.1, -0.05) is 6.42 Å². The Morgan fingerprint density at radius 2 is 2.21 bits per heavy atom. The molecule has 3 heterocycles. The molecule has 0 bridgehead atoms. The topological polar surface area (TPSA) is 69.3 Å². The quantitative estimate of drug-likeness (QED) is 0.866. The molecule has 0 amide bonds. The summed E-state index contributed by atoms with van der Waals surface area (Å²) in [7, 11) is -3.41. The van der Waals surface area contributed by atoms with E-state index in [4.69, 9.17) is 0 Å². The molecule has 2 aliphatic rings. The molecule has 0 aliphatic carbocycles. The van der Waals surface area contributed by atoms with Gasteiger partial charge in [0.2, 0.25) is 10.0 Å². The number of rotatable bonds is 2. The average molecular weight is 284 g/mol. The first kappa shape index (κ1) is 13.1. The molecule has 2 fully saturated rings. The normalized spacial score (nSPS) is 30.2. The smallest absolute Gasteiger partial charge is 0.246 e. The van der Waals surface area contributed by atoms with Crippen molar-refractivity contribution in [1.82, 2.24) is 19.4 Å². The number of sulfonamides is 1. The van der Waals surface area contributed by atoms with Gasteiger partial charge in [-0.25, -0.2) is 8.42 Å². The minimum atomic E-state index is -3.41. The van der Waals surface area contributed by atoms with E-state index >= 15 is 0 Å². The molecule has 7 heteroatoms. The molecule has 1 aromatic rings. The summed E-state index contributed by atoms with van der Waals surface area (Å²) in [5.41, 5.74) is 0. The van der Waals surface area contributed by atoms with Gasteiger partial charge >= 0.3 is 0 Å². The lowest BCUT2D eigenvalue weighted by atomic mass is 9.99. The van der Waals surface area contributed by atoms with E-state index in [9.17, 15) is 8.42 Å². The molecule has 0 radical (unpaired) electrons. The van der Waals surface area contributed by atoms with Gasteiger partial charge in [0.1, 0.15) is 4.90 Å². The Kier molecular flexibility index (Phi) is 3.36. The van der Waals surface area contributed by atoms with Crippen molar-refractivity contribution in [2.24, 2.45) is 0 Å². The summed E-state index contributed by atoms with van der Waals surface area (Å²) in [5, 5.41) is 6.33. The third-order valence-electron chi connectivity index (χ3n) is 4.21. The lowest BCUT2D eigenvalue weighted by Crippen LogP contribution is -2.59. The van der Waals surface area contributed by atoms with E-state index in [1.54, 1.807) is 4.31 Å². The fourth-order valence-electron chi connectivity index (χ4n) is 3.18. The third kappa shape index (κ3) is 2.30. The molecule has 2 unspecified atom stereocenters. The number of aromatic amines is 1. The van der Waals surface area contributed by atoms with Crippen LogP contribution in [0, 0.1) is 0 Å². The maximum Gasteiger partial charge on any atom is 0.246 e. The molecule has 0 spiro atoms. The molecule has 1 N–H and O–H groups in total. The Bertz CT molecular complexity index is 528. The fraction of sp³-hybridized carbons (Fsp3) is 0.750. The molecule has 2 aliphatic heterocycles. The van der Waals surface area contributed by atoms with Gasteiger partial charge in [-0.2, -0.15) is 9.40 Å². The molecule has 0 aromatic carbocycles. The van der Waals surface area contributed by atoms with E-state index in [2.05, 4.69) is 15.1 Å². The largest absolute Gasteiger partial charge is 0.297 e. The monoisotopic (exact) mass is 284 g/mol. The number of fused-ring (bicyclic) bond motifs is 1. The van der Waals surface area contributed by atoms with Crippen molar-refractivity contribution in [3.63, 3.8) is 0 Å². The van der Waals surface area contributed by atoms with Crippen molar-refractivity contribution in [2.45, 2.75) is 43.2 Å². The standard InChI is InChI=1S/C12H20N4O2S/c1-10-8-15-5-3-2-4-11(15)9-16(10)19(17,18)12-6-13-14-7-12/h6-7,10-11H,2-5,8-9H2,1H3,(H,13,14). The van der Waals surface area contributed by atoms with Crippen LogP contribution in [0.5, 0.6) is 0 Å². The lowest BCUT2D eigenvalue weighted by Gasteiger charge is -2.46. The van der Waals surface area contributed by atoms with E-state index in [1.165, 1.54) is 25.2 Å². The Morgan fingerprint density at radius 3 is 2.95 bits per heavy atom. The van der Waals surface area contributed by atoms with Gasteiger partial charge in [-0.15, -0.1) is 0 Å². The van der Waals surface area contributed by atoms with Gasteiger partial charge < -0.3 is 0 Å². The highest BCUT2D eigenvalue weighted by Gasteiger charge is 2.39. The summed E-state index contributed by atoms with van der Waals surface area (Å²) in [4.78, 5) is 2.71. The number of piperazine rings is 1. The highest BCUT2D eigenvalue weighted by atomic mass is 32.2. The summed E-state index contributed by atoms with van der Waals surface area (Å²) >= 11 is 0. The summed E-state index contributed by atoms with van der Waals surface area (Å²) in [6.45, 7) is 4.54. The Morgan fingerprint density at radius 1 is 1.37 bits per heavy atom. The van der Waals surface area contributed by atoms with Gasteiger partial charge in [0, 0.05) is 31.4 Å². The van der Waals surface area contributed by atoms with E-state index in [0.29, 0.717) is 12.6 Å². The van der Waals surface area contributed by atoms with Crippen LogP contribution in [-0.4, -0.2) is 59.5 Å². The molecule has 1 aromatic heterocycles. The Hall–Kier alpha value is -0.920. The van der Waals surface area contributed by atoms with E-state index in [-0.39, 0.29) is 10.9 Å². The molecular formula is C12H20N4O2S.